The highest BCUT2D eigenvalue weighted by atomic mass is 32.2. The molecule has 2 N–H and O–H groups in total. The fourth-order valence-electron chi connectivity index (χ4n) is 1.38. The quantitative estimate of drug-likeness (QED) is 0.661. The van der Waals surface area contributed by atoms with E-state index in [0.29, 0.717) is 32.7 Å². The van der Waals surface area contributed by atoms with Crippen LogP contribution in [0.5, 0.6) is 0 Å². The van der Waals surface area contributed by atoms with E-state index in [1.807, 2.05) is 0 Å². The molecule has 1 unspecified atom stereocenters. The van der Waals surface area contributed by atoms with Gasteiger partial charge in [0, 0.05) is 20.2 Å². The first-order valence-corrected chi connectivity index (χ1v) is 5.93. The van der Waals surface area contributed by atoms with Gasteiger partial charge in [-0.15, -0.1) is 0 Å². The van der Waals surface area contributed by atoms with Crippen molar-refractivity contribution in [2.45, 2.75) is 12.5 Å². The summed E-state index contributed by atoms with van der Waals surface area (Å²) in [4.78, 5) is 0. The predicted octanol–water partition coefficient (Wildman–Crippen LogP) is -1.07. The third-order valence-electron chi connectivity index (χ3n) is 2.11. The van der Waals surface area contributed by atoms with Gasteiger partial charge in [0.1, 0.15) is 0 Å². The summed E-state index contributed by atoms with van der Waals surface area (Å²) in [6.45, 7) is 1.56. The van der Waals surface area contributed by atoms with E-state index in [0.717, 1.165) is 0 Å². The standard InChI is InChI=1S/C7H16N2O4S/c1-12-6-7-2-3-9(4-5-13-7)14(8,10)11/h7H,2-6H2,1H3,(H2,8,10,11). The van der Waals surface area contributed by atoms with Crippen LogP contribution in [0, 0.1) is 0 Å². The Bertz CT molecular complexity index is 267. The van der Waals surface area contributed by atoms with Crippen LogP contribution in [0.1, 0.15) is 6.42 Å². The Labute approximate surface area is 84.1 Å². The second-order valence-corrected chi connectivity index (χ2v) is 4.73. The Morgan fingerprint density at radius 3 is 2.86 bits per heavy atom. The largest absolute Gasteiger partial charge is 0.382 e. The molecule has 6 nitrogen and oxygen atoms in total. The van der Waals surface area contributed by atoms with E-state index in [2.05, 4.69) is 0 Å². The van der Waals surface area contributed by atoms with Crippen molar-refractivity contribution in [1.82, 2.24) is 4.31 Å². The van der Waals surface area contributed by atoms with E-state index >= 15 is 0 Å². The van der Waals surface area contributed by atoms with Crippen LogP contribution in [-0.2, 0) is 19.7 Å². The van der Waals surface area contributed by atoms with Gasteiger partial charge >= 0.3 is 0 Å². The van der Waals surface area contributed by atoms with Gasteiger partial charge in [-0.3, -0.25) is 0 Å². The molecule has 1 heterocycles. The second-order valence-electron chi connectivity index (χ2n) is 3.18. The monoisotopic (exact) mass is 224 g/mol. The van der Waals surface area contributed by atoms with E-state index < -0.39 is 10.2 Å². The molecule has 84 valence electrons. The van der Waals surface area contributed by atoms with Crippen LogP contribution in [0.25, 0.3) is 0 Å². The average molecular weight is 224 g/mol. The van der Waals surface area contributed by atoms with Gasteiger partial charge in [-0.2, -0.15) is 12.7 Å². The minimum atomic E-state index is -3.58. The molecule has 0 saturated carbocycles. The van der Waals surface area contributed by atoms with Gasteiger partial charge in [0.2, 0.25) is 0 Å². The van der Waals surface area contributed by atoms with Crippen LogP contribution in [0.4, 0.5) is 0 Å². The van der Waals surface area contributed by atoms with Crippen molar-refractivity contribution in [3.05, 3.63) is 0 Å². The van der Waals surface area contributed by atoms with Gasteiger partial charge in [-0.1, -0.05) is 0 Å². The molecule has 0 radical (unpaired) electrons. The van der Waals surface area contributed by atoms with Gasteiger partial charge in [-0.25, -0.2) is 5.14 Å². The Kier molecular flexibility index (Phi) is 4.27. The summed E-state index contributed by atoms with van der Waals surface area (Å²) in [5.41, 5.74) is 0. The van der Waals surface area contributed by atoms with Gasteiger partial charge in [-0.05, 0) is 6.42 Å². The van der Waals surface area contributed by atoms with Crippen molar-refractivity contribution in [2.24, 2.45) is 5.14 Å². The number of nitrogens with zero attached hydrogens (tertiary/aromatic N) is 1. The Morgan fingerprint density at radius 2 is 2.29 bits per heavy atom. The topological polar surface area (TPSA) is 81.9 Å². The summed E-state index contributed by atoms with van der Waals surface area (Å²) in [7, 11) is -1.99. The lowest BCUT2D eigenvalue weighted by atomic mass is 10.3. The highest BCUT2D eigenvalue weighted by Crippen LogP contribution is 2.08. The Morgan fingerprint density at radius 1 is 1.57 bits per heavy atom. The van der Waals surface area contributed by atoms with Crippen LogP contribution in [0.15, 0.2) is 0 Å². The highest BCUT2D eigenvalue weighted by molar-refractivity contribution is 7.86. The molecule has 1 saturated heterocycles. The van der Waals surface area contributed by atoms with E-state index in [4.69, 9.17) is 14.6 Å². The van der Waals surface area contributed by atoms with Gasteiger partial charge in [0.25, 0.3) is 10.2 Å². The minimum absolute atomic E-state index is 0.0354. The van der Waals surface area contributed by atoms with Crippen LogP contribution in [0.3, 0.4) is 0 Å². The lowest BCUT2D eigenvalue weighted by Crippen LogP contribution is -2.38. The first-order valence-electron chi connectivity index (χ1n) is 4.42. The number of rotatable bonds is 3. The number of hydrogen-bond acceptors (Lipinski definition) is 4. The third-order valence-corrected chi connectivity index (χ3v) is 3.19. The smallest absolute Gasteiger partial charge is 0.276 e. The molecule has 14 heavy (non-hydrogen) atoms. The summed E-state index contributed by atoms with van der Waals surface area (Å²) >= 11 is 0. The zero-order valence-electron chi connectivity index (χ0n) is 8.18. The molecule has 1 fully saturated rings. The summed E-state index contributed by atoms with van der Waals surface area (Å²) in [6, 6.07) is 0. The van der Waals surface area contributed by atoms with Crippen molar-refractivity contribution in [3.63, 3.8) is 0 Å². The summed E-state index contributed by atoms with van der Waals surface area (Å²) < 4.78 is 33.6. The van der Waals surface area contributed by atoms with E-state index in [9.17, 15) is 8.42 Å². The molecule has 0 aromatic heterocycles. The zero-order chi connectivity index (χ0) is 10.6. The maximum atomic E-state index is 11.0. The molecule has 0 aromatic rings. The molecule has 0 aliphatic carbocycles. The number of nitrogens with two attached hydrogens (primary N) is 1. The molecule has 1 aliphatic heterocycles. The van der Waals surface area contributed by atoms with Crippen molar-refractivity contribution in [2.75, 3.05) is 33.4 Å². The fourth-order valence-corrected chi connectivity index (χ4v) is 2.07. The average Bonchev–Trinajstić information content (AvgIpc) is 2.29. The predicted molar refractivity (Wildman–Crippen MR) is 50.9 cm³/mol. The number of hydrogen-bond donors (Lipinski definition) is 1. The molecule has 0 spiro atoms. The van der Waals surface area contributed by atoms with Gasteiger partial charge in [0.05, 0.1) is 19.3 Å². The zero-order valence-corrected chi connectivity index (χ0v) is 9.00. The summed E-state index contributed by atoms with van der Waals surface area (Å²) in [6.07, 6.45) is 0.580. The van der Waals surface area contributed by atoms with Crippen LogP contribution in [0.2, 0.25) is 0 Å². The Balaban J connectivity index is 2.49. The maximum absolute atomic E-state index is 11.0. The van der Waals surface area contributed by atoms with E-state index in [-0.39, 0.29) is 6.10 Å². The van der Waals surface area contributed by atoms with E-state index in [1.54, 1.807) is 7.11 Å². The maximum Gasteiger partial charge on any atom is 0.276 e. The van der Waals surface area contributed by atoms with Crippen molar-refractivity contribution in [3.8, 4) is 0 Å². The lowest BCUT2D eigenvalue weighted by Gasteiger charge is -2.15. The molecule has 1 aliphatic rings. The van der Waals surface area contributed by atoms with Gasteiger partial charge < -0.3 is 9.47 Å². The molecule has 1 rings (SSSR count). The highest BCUT2D eigenvalue weighted by Gasteiger charge is 2.23. The molecular weight excluding hydrogens is 208 g/mol. The molecule has 0 aromatic carbocycles. The SMILES string of the molecule is COCC1CCN(S(N)(=O)=O)CCO1. The summed E-state index contributed by atoms with van der Waals surface area (Å²) in [5, 5.41) is 5.01. The lowest BCUT2D eigenvalue weighted by molar-refractivity contribution is 0.00561. The fraction of sp³-hybridized carbons (Fsp3) is 1.00. The number of methoxy groups -OCH3 is 1. The van der Waals surface area contributed by atoms with Gasteiger partial charge in [0.15, 0.2) is 0 Å². The second kappa shape index (κ2) is 5.04. The number of ether oxygens (including phenoxy) is 2. The minimum Gasteiger partial charge on any atom is -0.382 e. The van der Waals surface area contributed by atoms with E-state index in [1.165, 1.54) is 4.31 Å². The van der Waals surface area contributed by atoms with Crippen LogP contribution >= 0.6 is 0 Å². The van der Waals surface area contributed by atoms with Crippen molar-refractivity contribution in [1.29, 1.82) is 0 Å². The van der Waals surface area contributed by atoms with Crippen LogP contribution < -0.4 is 5.14 Å². The van der Waals surface area contributed by atoms with Crippen molar-refractivity contribution >= 4 is 10.2 Å². The molecular formula is C7H16N2O4S. The first-order chi connectivity index (χ1) is 6.54. The first kappa shape index (κ1) is 11.9. The molecule has 1 atom stereocenters. The molecule has 0 amide bonds. The van der Waals surface area contributed by atoms with Crippen molar-refractivity contribution < 1.29 is 17.9 Å². The summed E-state index contributed by atoms with van der Waals surface area (Å²) in [5.74, 6) is 0. The third kappa shape index (κ3) is 3.50. The molecule has 7 heteroatoms. The van der Waals surface area contributed by atoms with Crippen LogP contribution in [-0.4, -0.2) is 52.2 Å². The molecule has 0 bridgehead atoms. The normalized spacial score (nSPS) is 26.0. The Hall–Kier alpha value is -0.210.